The van der Waals surface area contributed by atoms with Crippen LogP contribution in [0.2, 0.25) is 0 Å². The number of nitrogens with one attached hydrogen (secondary N) is 2. The molecule has 0 saturated carbocycles. The summed E-state index contributed by atoms with van der Waals surface area (Å²) in [5, 5.41) is 12.6. The Bertz CT molecular complexity index is 1790. The maximum Gasteiger partial charge on any atom is 0.181 e. The third kappa shape index (κ3) is 4.93. The van der Waals surface area contributed by atoms with Crippen LogP contribution in [0.1, 0.15) is 42.8 Å². The normalized spacial score (nSPS) is 17.1. The van der Waals surface area contributed by atoms with Crippen LogP contribution in [0.5, 0.6) is 5.75 Å². The first-order valence-electron chi connectivity index (χ1n) is 13.9. The van der Waals surface area contributed by atoms with Gasteiger partial charge in [0.15, 0.2) is 11.5 Å². The number of aryl methyl sites for hydroxylation is 1. The minimum absolute atomic E-state index is 0.178. The largest absolute Gasteiger partial charge is 0.492 e. The maximum atomic E-state index is 14.8. The number of aromatic amines is 2. The van der Waals surface area contributed by atoms with E-state index < -0.39 is 0 Å². The molecule has 5 aromatic rings. The molecule has 0 amide bonds. The van der Waals surface area contributed by atoms with E-state index in [0.29, 0.717) is 40.8 Å². The first kappa shape index (κ1) is 25.3. The molecule has 7 rings (SSSR count). The van der Waals surface area contributed by atoms with Crippen molar-refractivity contribution >= 4 is 22.8 Å². The van der Waals surface area contributed by atoms with E-state index in [9.17, 15) is 4.39 Å². The number of likely N-dealkylation sites (tertiary alicyclic amines) is 1. The van der Waals surface area contributed by atoms with E-state index in [1.54, 1.807) is 23.3 Å². The molecule has 2 N–H and O–H groups in total. The van der Waals surface area contributed by atoms with Gasteiger partial charge in [-0.2, -0.15) is 10.2 Å². The van der Waals surface area contributed by atoms with E-state index in [0.717, 1.165) is 47.4 Å². The zero-order valence-corrected chi connectivity index (χ0v) is 22.9. The molecule has 10 nitrogen and oxygen atoms in total. The van der Waals surface area contributed by atoms with Gasteiger partial charge in [0.05, 0.1) is 29.0 Å². The Kier molecular flexibility index (Phi) is 6.43. The Hall–Kier alpha value is -4.64. The van der Waals surface area contributed by atoms with Gasteiger partial charge in [-0.1, -0.05) is 0 Å². The Morgan fingerprint density at radius 1 is 1.07 bits per heavy atom. The lowest BCUT2D eigenvalue weighted by molar-refractivity contribution is 0.237. The molecular formula is C30H30FN9O. The van der Waals surface area contributed by atoms with Crippen molar-refractivity contribution in [1.82, 2.24) is 39.8 Å². The SMILES string of the molecule is C[C@H]1N=CC=C(c2cc(F)cc(OCCN3CCCC3)c2)c2nc(-c3[nH]nc4ncc(-c5cnn(C)c5)cc34)[nH]c21. The highest BCUT2D eigenvalue weighted by Crippen LogP contribution is 2.36. The number of nitrogens with zero attached hydrogens (tertiary/aromatic N) is 7. The first-order valence-corrected chi connectivity index (χ1v) is 13.9. The van der Waals surface area contributed by atoms with Gasteiger partial charge in [-0.05, 0) is 62.7 Å². The number of benzene rings is 1. The molecule has 1 atom stereocenters. The average Bonchev–Trinajstić information content (AvgIpc) is 3.76. The molecule has 0 bridgehead atoms. The number of hydrogen-bond donors (Lipinski definition) is 2. The van der Waals surface area contributed by atoms with Crippen molar-refractivity contribution in [3.8, 4) is 28.4 Å². The molecule has 41 heavy (non-hydrogen) atoms. The van der Waals surface area contributed by atoms with Crippen LogP contribution in [-0.2, 0) is 7.05 Å². The molecule has 2 aliphatic rings. The monoisotopic (exact) mass is 551 g/mol. The molecule has 0 spiro atoms. The number of aliphatic imine (C=N–C) groups is 1. The molecule has 0 unspecified atom stereocenters. The zero-order chi connectivity index (χ0) is 27.9. The summed E-state index contributed by atoms with van der Waals surface area (Å²) in [5.74, 6) is 0.746. The van der Waals surface area contributed by atoms with Crippen LogP contribution in [0.25, 0.3) is 39.3 Å². The summed E-state index contributed by atoms with van der Waals surface area (Å²) < 4.78 is 22.6. The Labute approximate surface area is 236 Å². The minimum atomic E-state index is -0.361. The molecule has 208 valence electrons. The Balaban J connectivity index is 1.23. The molecule has 0 aliphatic carbocycles. The Morgan fingerprint density at radius 3 is 2.78 bits per heavy atom. The number of pyridine rings is 1. The standard InChI is InChI=1S/C30H30FN9O/c1-18-26-27(24(5-6-32-18)19-11-22(31)14-23(12-19)41-10-9-40-7-3-4-8-40)36-30(35-26)28-25-13-20(15-33-29(25)38-37-28)21-16-34-39(2)17-21/h5-6,11-18H,3-4,7-10H2,1-2H3,(H,35,36)(H,33,37,38)/t18-/m1/s1. The molecule has 6 heterocycles. The predicted octanol–water partition coefficient (Wildman–Crippen LogP) is 4.94. The van der Waals surface area contributed by atoms with Gasteiger partial charge in [-0.3, -0.25) is 19.7 Å². The van der Waals surface area contributed by atoms with Gasteiger partial charge in [0, 0.05) is 55.0 Å². The highest BCUT2D eigenvalue weighted by atomic mass is 19.1. The van der Waals surface area contributed by atoms with Gasteiger partial charge in [0.25, 0.3) is 0 Å². The fourth-order valence-corrected chi connectivity index (χ4v) is 5.55. The molecular weight excluding hydrogens is 521 g/mol. The van der Waals surface area contributed by atoms with Crippen LogP contribution in [-0.4, -0.2) is 72.3 Å². The van der Waals surface area contributed by atoms with Crippen LogP contribution in [0, 0.1) is 5.82 Å². The number of imidazole rings is 1. The van der Waals surface area contributed by atoms with Crippen molar-refractivity contribution in [3.63, 3.8) is 0 Å². The molecule has 0 radical (unpaired) electrons. The summed E-state index contributed by atoms with van der Waals surface area (Å²) in [4.78, 5) is 20.0. The van der Waals surface area contributed by atoms with E-state index in [2.05, 4.69) is 35.2 Å². The van der Waals surface area contributed by atoms with Gasteiger partial charge in [-0.25, -0.2) is 14.4 Å². The van der Waals surface area contributed by atoms with Gasteiger partial charge in [0.1, 0.15) is 23.9 Å². The number of rotatable bonds is 7. The third-order valence-electron chi connectivity index (χ3n) is 7.70. The van der Waals surface area contributed by atoms with Crippen LogP contribution in [0.4, 0.5) is 4.39 Å². The zero-order valence-electron chi connectivity index (χ0n) is 22.9. The molecule has 2 aliphatic heterocycles. The number of allylic oxidation sites excluding steroid dienone is 1. The summed E-state index contributed by atoms with van der Waals surface area (Å²) >= 11 is 0. The average molecular weight is 552 g/mol. The van der Waals surface area contributed by atoms with Crippen molar-refractivity contribution in [2.24, 2.45) is 12.0 Å². The number of H-pyrrole nitrogens is 2. The summed E-state index contributed by atoms with van der Waals surface area (Å²) in [7, 11) is 1.88. The molecule has 1 saturated heterocycles. The van der Waals surface area contributed by atoms with Gasteiger partial charge >= 0.3 is 0 Å². The van der Waals surface area contributed by atoms with Crippen LogP contribution < -0.4 is 4.74 Å². The second-order valence-electron chi connectivity index (χ2n) is 10.6. The van der Waals surface area contributed by atoms with E-state index in [-0.39, 0.29) is 11.9 Å². The lowest BCUT2D eigenvalue weighted by atomic mass is 9.99. The number of ether oxygens (including phenoxy) is 1. The molecule has 11 heteroatoms. The van der Waals surface area contributed by atoms with Crippen LogP contribution in [0.15, 0.2) is 53.9 Å². The second kappa shape index (κ2) is 10.4. The fraction of sp³-hybridized carbons (Fsp3) is 0.300. The lowest BCUT2D eigenvalue weighted by Gasteiger charge is -2.15. The Morgan fingerprint density at radius 2 is 1.95 bits per heavy atom. The summed E-state index contributed by atoms with van der Waals surface area (Å²) in [6, 6.07) is 6.67. The quantitative estimate of drug-likeness (QED) is 0.296. The van der Waals surface area contributed by atoms with E-state index in [1.165, 1.54) is 25.0 Å². The third-order valence-corrected chi connectivity index (χ3v) is 7.70. The lowest BCUT2D eigenvalue weighted by Crippen LogP contribution is -2.25. The van der Waals surface area contributed by atoms with Crippen LogP contribution >= 0.6 is 0 Å². The van der Waals surface area contributed by atoms with Gasteiger partial charge in [0.2, 0.25) is 0 Å². The van der Waals surface area contributed by atoms with Crippen molar-refractivity contribution in [1.29, 1.82) is 0 Å². The molecule has 4 aromatic heterocycles. The highest BCUT2D eigenvalue weighted by Gasteiger charge is 2.24. The van der Waals surface area contributed by atoms with E-state index >= 15 is 0 Å². The van der Waals surface area contributed by atoms with Crippen molar-refractivity contribution in [3.05, 3.63) is 71.7 Å². The summed E-state index contributed by atoms with van der Waals surface area (Å²) in [6.45, 7) is 5.54. The first-order chi connectivity index (χ1) is 20.0. The van der Waals surface area contributed by atoms with Crippen molar-refractivity contribution < 1.29 is 9.13 Å². The highest BCUT2D eigenvalue weighted by molar-refractivity contribution is 5.95. The van der Waals surface area contributed by atoms with Crippen molar-refractivity contribution in [2.45, 2.75) is 25.8 Å². The smallest absolute Gasteiger partial charge is 0.181 e. The minimum Gasteiger partial charge on any atom is -0.492 e. The molecule has 1 aromatic carbocycles. The predicted molar refractivity (Wildman–Crippen MR) is 155 cm³/mol. The van der Waals surface area contributed by atoms with Crippen molar-refractivity contribution in [2.75, 3.05) is 26.2 Å². The number of hydrogen-bond acceptors (Lipinski definition) is 7. The maximum absolute atomic E-state index is 14.8. The summed E-state index contributed by atoms with van der Waals surface area (Å²) in [5.41, 5.74) is 6.17. The topological polar surface area (TPSA) is 113 Å². The number of aromatic nitrogens is 7. The summed E-state index contributed by atoms with van der Waals surface area (Å²) in [6.07, 6.45) is 11.6. The van der Waals surface area contributed by atoms with Gasteiger partial charge in [-0.15, -0.1) is 0 Å². The number of halogens is 1. The molecule has 1 fully saturated rings. The van der Waals surface area contributed by atoms with E-state index in [1.807, 2.05) is 38.4 Å². The van der Waals surface area contributed by atoms with Crippen LogP contribution in [0.3, 0.4) is 0 Å². The number of fused-ring (bicyclic) bond motifs is 2. The fourth-order valence-electron chi connectivity index (χ4n) is 5.55. The second-order valence-corrected chi connectivity index (χ2v) is 10.6. The van der Waals surface area contributed by atoms with E-state index in [4.69, 9.17) is 9.72 Å². The van der Waals surface area contributed by atoms with Gasteiger partial charge < -0.3 is 9.72 Å².